The summed E-state index contributed by atoms with van der Waals surface area (Å²) in [4.78, 5) is 2.49. The molecule has 6 heteroatoms. The van der Waals surface area contributed by atoms with Crippen LogP contribution in [0.3, 0.4) is 0 Å². The molecule has 0 bridgehead atoms. The van der Waals surface area contributed by atoms with Crippen molar-refractivity contribution >= 4 is 15.7 Å². The number of rotatable bonds is 3. The quantitative estimate of drug-likeness (QED) is 0.923. The zero-order chi connectivity index (χ0) is 15.7. The van der Waals surface area contributed by atoms with Crippen molar-refractivity contribution < 1.29 is 13.2 Å². The molecular weight excluding hydrogens is 300 g/mol. The lowest BCUT2D eigenvalue weighted by Crippen LogP contribution is -2.41. The predicted octanol–water partition coefficient (Wildman–Crippen LogP) is 1.91. The Balaban J connectivity index is 1.81. The van der Waals surface area contributed by atoms with Crippen LogP contribution in [0.2, 0.25) is 0 Å². The SMILES string of the molecule is C[C@H]1C[C@@H](NS(=O)(=O)c2ccc3c(c2)N(C)CCC3)CCO1. The first-order chi connectivity index (χ1) is 10.5. The Morgan fingerprint density at radius 3 is 2.95 bits per heavy atom. The lowest BCUT2D eigenvalue weighted by atomic mass is 10.0. The van der Waals surface area contributed by atoms with Crippen LogP contribution in [0.15, 0.2) is 23.1 Å². The molecule has 3 rings (SSSR count). The average molecular weight is 324 g/mol. The molecular formula is C16H24N2O3S. The fourth-order valence-corrected chi connectivity index (χ4v) is 4.60. The Hall–Kier alpha value is -1.11. The van der Waals surface area contributed by atoms with E-state index in [0.29, 0.717) is 11.5 Å². The van der Waals surface area contributed by atoms with Gasteiger partial charge in [-0.2, -0.15) is 0 Å². The van der Waals surface area contributed by atoms with Crippen LogP contribution in [0.5, 0.6) is 0 Å². The second kappa shape index (κ2) is 6.18. The third kappa shape index (κ3) is 3.29. The minimum Gasteiger partial charge on any atom is -0.378 e. The van der Waals surface area contributed by atoms with Crippen LogP contribution in [-0.4, -0.2) is 40.8 Å². The molecule has 0 amide bonds. The summed E-state index contributed by atoms with van der Waals surface area (Å²) >= 11 is 0. The Labute approximate surface area is 132 Å². The van der Waals surface area contributed by atoms with E-state index in [0.717, 1.165) is 37.9 Å². The Morgan fingerprint density at radius 2 is 2.18 bits per heavy atom. The number of fused-ring (bicyclic) bond motifs is 1. The molecule has 5 nitrogen and oxygen atoms in total. The summed E-state index contributed by atoms with van der Waals surface area (Å²) in [6, 6.07) is 5.44. The van der Waals surface area contributed by atoms with Crippen molar-refractivity contribution in [2.45, 2.75) is 49.6 Å². The molecule has 1 aromatic rings. The highest BCUT2D eigenvalue weighted by molar-refractivity contribution is 7.89. The van der Waals surface area contributed by atoms with Crippen LogP contribution < -0.4 is 9.62 Å². The van der Waals surface area contributed by atoms with E-state index < -0.39 is 10.0 Å². The van der Waals surface area contributed by atoms with Gasteiger partial charge in [-0.1, -0.05) is 6.07 Å². The van der Waals surface area contributed by atoms with Crippen LogP contribution in [0, 0.1) is 0 Å². The first-order valence-corrected chi connectivity index (χ1v) is 9.42. The molecule has 0 saturated carbocycles. The maximum atomic E-state index is 12.6. The molecule has 0 unspecified atom stereocenters. The van der Waals surface area contributed by atoms with E-state index in [-0.39, 0.29) is 12.1 Å². The van der Waals surface area contributed by atoms with Gasteiger partial charge in [0.2, 0.25) is 10.0 Å². The number of benzene rings is 1. The summed E-state index contributed by atoms with van der Waals surface area (Å²) in [6.07, 6.45) is 3.70. The van der Waals surface area contributed by atoms with Gasteiger partial charge in [0.15, 0.2) is 0 Å². The molecule has 122 valence electrons. The molecule has 2 aliphatic heterocycles. The van der Waals surface area contributed by atoms with Gasteiger partial charge in [-0.05, 0) is 50.3 Å². The summed E-state index contributed by atoms with van der Waals surface area (Å²) in [5, 5.41) is 0. The van der Waals surface area contributed by atoms with Crippen LogP contribution in [-0.2, 0) is 21.2 Å². The van der Waals surface area contributed by atoms with Crippen molar-refractivity contribution in [3.05, 3.63) is 23.8 Å². The molecule has 2 atom stereocenters. The van der Waals surface area contributed by atoms with Gasteiger partial charge in [-0.25, -0.2) is 13.1 Å². The van der Waals surface area contributed by atoms with Crippen LogP contribution >= 0.6 is 0 Å². The van der Waals surface area contributed by atoms with E-state index in [1.165, 1.54) is 5.56 Å². The van der Waals surface area contributed by atoms with Gasteiger partial charge >= 0.3 is 0 Å². The Kier molecular flexibility index (Phi) is 4.43. The zero-order valence-electron chi connectivity index (χ0n) is 13.2. The third-order valence-electron chi connectivity index (χ3n) is 4.52. The Bertz CT molecular complexity index is 645. The highest BCUT2D eigenvalue weighted by Gasteiger charge is 2.26. The third-order valence-corrected chi connectivity index (χ3v) is 6.04. The van der Waals surface area contributed by atoms with Gasteiger partial charge in [0.1, 0.15) is 0 Å². The fraction of sp³-hybridized carbons (Fsp3) is 0.625. The van der Waals surface area contributed by atoms with E-state index in [2.05, 4.69) is 9.62 Å². The molecule has 1 aromatic carbocycles. The predicted molar refractivity (Wildman–Crippen MR) is 86.8 cm³/mol. The summed E-state index contributed by atoms with van der Waals surface area (Å²) < 4.78 is 33.6. The van der Waals surface area contributed by atoms with Gasteiger partial charge in [-0.15, -0.1) is 0 Å². The van der Waals surface area contributed by atoms with Crippen LogP contribution in [0.25, 0.3) is 0 Å². The maximum absolute atomic E-state index is 12.6. The van der Waals surface area contributed by atoms with Crippen molar-refractivity contribution in [3.8, 4) is 0 Å². The molecule has 1 N–H and O–H groups in total. The van der Waals surface area contributed by atoms with Gasteiger partial charge < -0.3 is 9.64 Å². The lowest BCUT2D eigenvalue weighted by Gasteiger charge is -2.29. The van der Waals surface area contributed by atoms with Crippen LogP contribution in [0.4, 0.5) is 5.69 Å². The number of nitrogens with zero attached hydrogens (tertiary/aromatic N) is 1. The van der Waals surface area contributed by atoms with E-state index >= 15 is 0 Å². The highest BCUT2D eigenvalue weighted by atomic mass is 32.2. The number of nitrogens with one attached hydrogen (secondary N) is 1. The van der Waals surface area contributed by atoms with Crippen molar-refractivity contribution in [2.75, 3.05) is 25.1 Å². The number of ether oxygens (including phenoxy) is 1. The zero-order valence-corrected chi connectivity index (χ0v) is 14.0. The number of hydrogen-bond donors (Lipinski definition) is 1. The van der Waals surface area contributed by atoms with E-state index in [1.807, 2.05) is 20.0 Å². The van der Waals surface area contributed by atoms with E-state index in [1.54, 1.807) is 12.1 Å². The standard InChI is InChI=1S/C16H24N2O3S/c1-12-10-14(7-9-21-12)17-22(19,20)15-6-5-13-4-3-8-18(2)16(13)11-15/h5-6,11-12,14,17H,3-4,7-10H2,1-2H3/t12-,14-/m0/s1. The van der Waals surface area contributed by atoms with Crippen molar-refractivity contribution in [1.82, 2.24) is 4.72 Å². The minimum absolute atomic E-state index is 0.0393. The normalized spacial score (nSPS) is 25.8. The highest BCUT2D eigenvalue weighted by Crippen LogP contribution is 2.29. The first kappa shape index (κ1) is 15.8. The minimum atomic E-state index is -3.47. The monoisotopic (exact) mass is 324 g/mol. The van der Waals surface area contributed by atoms with Gasteiger partial charge in [0.05, 0.1) is 11.0 Å². The molecule has 2 aliphatic rings. The van der Waals surface area contributed by atoms with E-state index in [9.17, 15) is 8.42 Å². The molecule has 22 heavy (non-hydrogen) atoms. The maximum Gasteiger partial charge on any atom is 0.240 e. The summed E-state index contributed by atoms with van der Waals surface area (Å²) in [6.45, 7) is 3.57. The van der Waals surface area contributed by atoms with Crippen molar-refractivity contribution in [3.63, 3.8) is 0 Å². The van der Waals surface area contributed by atoms with Gasteiger partial charge in [-0.3, -0.25) is 0 Å². The summed E-state index contributed by atoms with van der Waals surface area (Å²) in [7, 11) is -1.46. The largest absolute Gasteiger partial charge is 0.378 e. The summed E-state index contributed by atoms with van der Waals surface area (Å²) in [5.41, 5.74) is 2.27. The van der Waals surface area contributed by atoms with Crippen molar-refractivity contribution in [2.24, 2.45) is 0 Å². The number of sulfonamides is 1. The fourth-order valence-electron chi connectivity index (χ4n) is 3.30. The lowest BCUT2D eigenvalue weighted by molar-refractivity contribution is 0.0173. The van der Waals surface area contributed by atoms with Gasteiger partial charge in [0.25, 0.3) is 0 Å². The average Bonchev–Trinajstić information content (AvgIpc) is 2.47. The molecule has 0 spiro atoms. The topological polar surface area (TPSA) is 58.6 Å². The summed E-state index contributed by atoms with van der Waals surface area (Å²) in [5.74, 6) is 0. The number of anilines is 1. The molecule has 0 radical (unpaired) electrons. The molecule has 2 heterocycles. The number of aryl methyl sites for hydroxylation is 1. The van der Waals surface area contributed by atoms with Crippen molar-refractivity contribution in [1.29, 1.82) is 0 Å². The second-order valence-electron chi connectivity index (χ2n) is 6.34. The smallest absolute Gasteiger partial charge is 0.240 e. The molecule has 1 fully saturated rings. The first-order valence-electron chi connectivity index (χ1n) is 7.94. The molecule has 0 aliphatic carbocycles. The van der Waals surface area contributed by atoms with Gasteiger partial charge in [0, 0.05) is 31.9 Å². The number of hydrogen-bond acceptors (Lipinski definition) is 4. The second-order valence-corrected chi connectivity index (χ2v) is 8.05. The molecule has 0 aromatic heterocycles. The molecule has 1 saturated heterocycles. The van der Waals surface area contributed by atoms with E-state index in [4.69, 9.17) is 4.74 Å². The van der Waals surface area contributed by atoms with Crippen LogP contribution in [0.1, 0.15) is 31.7 Å². The Morgan fingerprint density at radius 1 is 1.36 bits per heavy atom.